The highest BCUT2D eigenvalue weighted by Crippen LogP contribution is 2.24. The molecule has 0 bridgehead atoms. The summed E-state index contributed by atoms with van der Waals surface area (Å²) in [5, 5.41) is 2.90. The molecular formula is C17H21N3OS. The number of carbonyl (C=O) groups is 1. The third kappa shape index (κ3) is 4.58. The summed E-state index contributed by atoms with van der Waals surface area (Å²) in [7, 11) is 0. The monoisotopic (exact) mass is 315 g/mol. The lowest BCUT2D eigenvalue weighted by Crippen LogP contribution is -2.37. The predicted molar refractivity (Wildman–Crippen MR) is 91.7 cm³/mol. The van der Waals surface area contributed by atoms with Gasteiger partial charge in [0.05, 0.1) is 5.41 Å². The number of nitrogens with two attached hydrogens (primary N) is 1. The minimum absolute atomic E-state index is 0.0641. The number of nitrogens with one attached hydrogen (secondary N) is 1. The summed E-state index contributed by atoms with van der Waals surface area (Å²) in [5.41, 5.74) is 7.03. The van der Waals surface area contributed by atoms with E-state index in [2.05, 4.69) is 16.4 Å². The number of anilines is 1. The van der Waals surface area contributed by atoms with E-state index in [1.54, 1.807) is 18.0 Å². The van der Waals surface area contributed by atoms with Gasteiger partial charge in [-0.25, -0.2) is 0 Å². The maximum absolute atomic E-state index is 12.1. The number of rotatable bonds is 6. The van der Waals surface area contributed by atoms with Crippen LogP contribution in [0.4, 0.5) is 5.69 Å². The van der Waals surface area contributed by atoms with Crippen LogP contribution in [-0.4, -0.2) is 17.4 Å². The van der Waals surface area contributed by atoms with Gasteiger partial charge in [-0.1, -0.05) is 6.07 Å². The third-order valence-corrected chi connectivity index (χ3v) is 4.45. The average molecular weight is 315 g/mol. The molecule has 116 valence electrons. The fourth-order valence-corrected chi connectivity index (χ4v) is 2.51. The Hall–Kier alpha value is -1.85. The highest BCUT2D eigenvalue weighted by Gasteiger charge is 2.25. The third-order valence-electron chi connectivity index (χ3n) is 3.37. The van der Waals surface area contributed by atoms with Gasteiger partial charge in [-0.3, -0.25) is 9.78 Å². The van der Waals surface area contributed by atoms with Crippen LogP contribution < -0.4 is 11.1 Å². The van der Waals surface area contributed by atoms with Crippen molar-refractivity contribution in [2.75, 3.05) is 11.9 Å². The zero-order valence-electron chi connectivity index (χ0n) is 12.9. The largest absolute Gasteiger partial charge is 0.329 e. The van der Waals surface area contributed by atoms with Crippen LogP contribution in [0.1, 0.15) is 19.4 Å². The summed E-state index contributed by atoms with van der Waals surface area (Å²) in [6.07, 6.45) is 3.64. The molecule has 0 saturated heterocycles. The van der Waals surface area contributed by atoms with Crippen molar-refractivity contribution in [3.05, 3.63) is 54.4 Å². The van der Waals surface area contributed by atoms with Crippen molar-refractivity contribution in [1.29, 1.82) is 0 Å². The summed E-state index contributed by atoms with van der Waals surface area (Å²) >= 11 is 1.74. The number of carbonyl (C=O) groups excluding carboxylic acids is 1. The number of thioether (sulfide) groups is 1. The molecule has 0 saturated carbocycles. The molecule has 0 aliphatic heterocycles. The highest BCUT2D eigenvalue weighted by molar-refractivity contribution is 7.98. The molecule has 22 heavy (non-hydrogen) atoms. The molecule has 1 aromatic heterocycles. The maximum Gasteiger partial charge on any atom is 0.231 e. The quantitative estimate of drug-likeness (QED) is 0.803. The van der Waals surface area contributed by atoms with Crippen molar-refractivity contribution in [3.63, 3.8) is 0 Å². The van der Waals surface area contributed by atoms with Gasteiger partial charge in [0.2, 0.25) is 5.91 Å². The van der Waals surface area contributed by atoms with Gasteiger partial charge in [0.15, 0.2) is 0 Å². The van der Waals surface area contributed by atoms with Gasteiger partial charge in [-0.15, -0.1) is 11.8 Å². The first-order valence-electron chi connectivity index (χ1n) is 7.14. The van der Waals surface area contributed by atoms with Crippen molar-refractivity contribution in [2.24, 2.45) is 11.1 Å². The van der Waals surface area contributed by atoms with Gasteiger partial charge in [-0.2, -0.15) is 0 Å². The summed E-state index contributed by atoms with van der Waals surface area (Å²) in [6, 6.07) is 11.8. The van der Waals surface area contributed by atoms with E-state index >= 15 is 0 Å². The second-order valence-corrected chi connectivity index (χ2v) is 6.77. The zero-order chi connectivity index (χ0) is 16.0. The van der Waals surface area contributed by atoms with E-state index in [-0.39, 0.29) is 5.91 Å². The minimum Gasteiger partial charge on any atom is -0.329 e. The Bertz CT molecular complexity index is 612. The maximum atomic E-state index is 12.1. The van der Waals surface area contributed by atoms with Crippen molar-refractivity contribution in [2.45, 2.75) is 24.5 Å². The topological polar surface area (TPSA) is 68.0 Å². The lowest BCUT2D eigenvalue weighted by molar-refractivity contribution is -0.123. The van der Waals surface area contributed by atoms with Gasteiger partial charge in [-0.05, 0) is 49.7 Å². The summed E-state index contributed by atoms with van der Waals surface area (Å²) in [6.45, 7) is 3.98. The van der Waals surface area contributed by atoms with E-state index in [9.17, 15) is 4.79 Å². The Morgan fingerprint density at radius 2 is 2.00 bits per heavy atom. The Kier molecular flexibility index (Phi) is 5.57. The number of nitrogens with zero attached hydrogens (tertiary/aromatic N) is 1. The number of aromatic nitrogens is 1. The molecule has 4 nitrogen and oxygen atoms in total. The number of pyridine rings is 1. The van der Waals surface area contributed by atoms with E-state index in [0.29, 0.717) is 6.54 Å². The van der Waals surface area contributed by atoms with E-state index < -0.39 is 5.41 Å². The zero-order valence-corrected chi connectivity index (χ0v) is 13.7. The summed E-state index contributed by atoms with van der Waals surface area (Å²) in [4.78, 5) is 17.3. The number of amides is 1. The normalized spacial score (nSPS) is 11.2. The molecular weight excluding hydrogens is 294 g/mol. The molecule has 0 atom stereocenters. The van der Waals surface area contributed by atoms with Gasteiger partial charge < -0.3 is 11.1 Å². The molecule has 1 heterocycles. The van der Waals surface area contributed by atoms with Crippen LogP contribution >= 0.6 is 11.8 Å². The molecule has 2 rings (SSSR count). The fraction of sp³-hybridized carbons (Fsp3) is 0.294. The van der Waals surface area contributed by atoms with Crippen molar-refractivity contribution < 1.29 is 4.79 Å². The second-order valence-electron chi connectivity index (χ2n) is 5.72. The molecule has 5 heteroatoms. The van der Waals surface area contributed by atoms with Crippen LogP contribution in [0.15, 0.2) is 53.7 Å². The standard InChI is InChI=1S/C17H21N3OS/c1-17(2,12-18)16(21)20-14-5-7-15(8-6-14)22-11-13-4-3-9-19-10-13/h3-10H,11-12,18H2,1-2H3,(H,20,21). The van der Waals surface area contributed by atoms with E-state index in [1.807, 2.05) is 50.4 Å². The van der Waals surface area contributed by atoms with Crippen LogP contribution in [0.5, 0.6) is 0 Å². The molecule has 0 unspecified atom stereocenters. The predicted octanol–water partition coefficient (Wildman–Crippen LogP) is 3.30. The minimum atomic E-state index is -0.562. The van der Waals surface area contributed by atoms with Crippen molar-refractivity contribution in [3.8, 4) is 0 Å². The molecule has 2 aromatic rings. The van der Waals surface area contributed by atoms with Crippen LogP contribution in [0.25, 0.3) is 0 Å². The molecule has 0 radical (unpaired) electrons. The van der Waals surface area contributed by atoms with Gasteiger partial charge in [0.25, 0.3) is 0 Å². The first-order chi connectivity index (χ1) is 10.5. The lowest BCUT2D eigenvalue weighted by atomic mass is 9.92. The first-order valence-corrected chi connectivity index (χ1v) is 8.13. The van der Waals surface area contributed by atoms with Crippen LogP contribution in [-0.2, 0) is 10.5 Å². The van der Waals surface area contributed by atoms with Gasteiger partial charge in [0, 0.05) is 35.3 Å². The van der Waals surface area contributed by atoms with Gasteiger partial charge in [0.1, 0.15) is 0 Å². The Balaban J connectivity index is 1.92. The number of benzene rings is 1. The highest BCUT2D eigenvalue weighted by atomic mass is 32.2. The van der Waals surface area contributed by atoms with E-state index in [4.69, 9.17) is 5.73 Å². The fourth-order valence-electron chi connectivity index (χ4n) is 1.68. The number of hydrogen-bond acceptors (Lipinski definition) is 4. The molecule has 0 aliphatic rings. The second kappa shape index (κ2) is 7.42. The molecule has 0 spiro atoms. The van der Waals surface area contributed by atoms with E-state index in [0.717, 1.165) is 16.3 Å². The van der Waals surface area contributed by atoms with Crippen LogP contribution in [0.3, 0.4) is 0 Å². The van der Waals surface area contributed by atoms with Crippen molar-refractivity contribution in [1.82, 2.24) is 4.98 Å². The summed E-state index contributed by atoms with van der Waals surface area (Å²) in [5.74, 6) is 0.811. The molecule has 1 amide bonds. The van der Waals surface area contributed by atoms with E-state index in [1.165, 1.54) is 5.56 Å². The summed E-state index contributed by atoms with van der Waals surface area (Å²) < 4.78 is 0. The van der Waals surface area contributed by atoms with Crippen molar-refractivity contribution >= 4 is 23.4 Å². The molecule has 0 aliphatic carbocycles. The van der Waals surface area contributed by atoms with Gasteiger partial charge >= 0.3 is 0 Å². The Morgan fingerprint density at radius 1 is 1.27 bits per heavy atom. The molecule has 3 N–H and O–H groups in total. The smallest absolute Gasteiger partial charge is 0.231 e. The Morgan fingerprint density at radius 3 is 2.59 bits per heavy atom. The lowest BCUT2D eigenvalue weighted by Gasteiger charge is -2.21. The average Bonchev–Trinajstić information content (AvgIpc) is 2.55. The van der Waals surface area contributed by atoms with Crippen LogP contribution in [0, 0.1) is 5.41 Å². The molecule has 1 aromatic carbocycles. The first kappa shape index (κ1) is 16.5. The SMILES string of the molecule is CC(C)(CN)C(=O)Nc1ccc(SCc2cccnc2)cc1. The van der Waals surface area contributed by atoms with Crippen LogP contribution in [0.2, 0.25) is 0 Å². The Labute approximate surface area is 135 Å². The number of hydrogen-bond donors (Lipinski definition) is 2. The molecule has 0 fully saturated rings.